The van der Waals surface area contributed by atoms with Crippen LogP contribution >= 0.6 is 0 Å². The van der Waals surface area contributed by atoms with Crippen molar-refractivity contribution in [2.45, 2.75) is 45.4 Å². The van der Waals surface area contributed by atoms with Crippen LogP contribution in [0.5, 0.6) is 5.75 Å². The molecule has 0 atom stereocenters. The lowest BCUT2D eigenvalue weighted by atomic mass is 9.89. The summed E-state index contributed by atoms with van der Waals surface area (Å²) in [4.78, 5) is 36.5. The van der Waals surface area contributed by atoms with Gasteiger partial charge in [0.05, 0.1) is 6.61 Å². The van der Waals surface area contributed by atoms with Gasteiger partial charge in [-0.3, -0.25) is 25.2 Å². The zero-order valence-electron chi connectivity index (χ0n) is 16.6. The van der Waals surface area contributed by atoms with Crippen LogP contribution in [0, 0.1) is 0 Å². The van der Waals surface area contributed by atoms with Crippen molar-refractivity contribution < 1.29 is 19.1 Å². The Morgan fingerprint density at radius 2 is 1.55 bits per heavy atom. The summed E-state index contributed by atoms with van der Waals surface area (Å²) in [5.41, 5.74) is 8.34. The fourth-order valence-electron chi connectivity index (χ4n) is 3.41. The number of carbonyl (C=O) groups excluding carboxylic acids is 3. The van der Waals surface area contributed by atoms with Crippen LogP contribution in [0.1, 0.15) is 64.4 Å². The van der Waals surface area contributed by atoms with E-state index < -0.39 is 11.8 Å². The monoisotopic (exact) mass is 394 g/mol. The molecule has 1 aliphatic rings. The molecule has 0 spiro atoms. The maximum atomic E-state index is 12.4. The smallest absolute Gasteiger partial charge is 0.269 e. The van der Waals surface area contributed by atoms with E-state index in [1.165, 1.54) is 17.5 Å². The van der Waals surface area contributed by atoms with Crippen molar-refractivity contribution in [3.8, 4) is 5.75 Å². The van der Waals surface area contributed by atoms with Crippen LogP contribution in [0.3, 0.4) is 0 Å². The number of ether oxygens (including phenoxy) is 1. The summed E-state index contributed by atoms with van der Waals surface area (Å²) in [6.45, 7) is 2.43. The number of hydrazine groups is 1. The molecule has 0 saturated heterocycles. The van der Waals surface area contributed by atoms with Crippen LogP contribution in [0.2, 0.25) is 0 Å². The molecule has 1 aliphatic carbocycles. The van der Waals surface area contributed by atoms with Crippen molar-refractivity contribution in [3.63, 3.8) is 0 Å². The first-order chi connectivity index (χ1) is 14.1. The molecule has 0 saturated carbocycles. The summed E-state index contributed by atoms with van der Waals surface area (Å²) in [6.07, 6.45) is 4.54. The first-order valence-electron chi connectivity index (χ1n) is 10.0. The van der Waals surface area contributed by atoms with Crippen LogP contribution < -0.4 is 15.6 Å². The first-order valence-corrected chi connectivity index (χ1v) is 10.0. The van der Waals surface area contributed by atoms with Crippen LogP contribution in [-0.4, -0.2) is 24.2 Å². The van der Waals surface area contributed by atoms with E-state index in [1.54, 1.807) is 24.3 Å². The largest absolute Gasteiger partial charge is 0.494 e. The molecule has 29 heavy (non-hydrogen) atoms. The molecular weight excluding hydrogens is 368 g/mol. The lowest BCUT2D eigenvalue weighted by Crippen LogP contribution is -2.41. The molecule has 6 nitrogen and oxygen atoms in total. The molecule has 0 aliphatic heterocycles. The van der Waals surface area contributed by atoms with Crippen LogP contribution in [0.15, 0.2) is 42.5 Å². The van der Waals surface area contributed by atoms with Gasteiger partial charge >= 0.3 is 0 Å². The third-order valence-electron chi connectivity index (χ3n) is 4.99. The number of fused-ring (bicyclic) bond motifs is 1. The second-order valence-electron chi connectivity index (χ2n) is 7.07. The van der Waals surface area contributed by atoms with Crippen molar-refractivity contribution in [1.82, 2.24) is 10.9 Å². The molecule has 0 heterocycles. The quantitative estimate of drug-likeness (QED) is 0.557. The number of amides is 2. The van der Waals surface area contributed by atoms with E-state index in [4.69, 9.17) is 4.74 Å². The number of hydrogen-bond acceptors (Lipinski definition) is 4. The summed E-state index contributed by atoms with van der Waals surface area (Å²) >= 11 is 0. The lowest BCUT2D eigenvalue weighted by Gasteiger charge is -2.16. The Labute approximate surface area is 170 Å². The van der Waals surface area contributed by atoms with E-state index in [-0.39, 0.29) is 18.6 Å². The van der Waals surface area contributed by atoms with Gasteiger partial charge in [0.2, 0.25) is 5.91 Å². The molecule has 2 aromatic carbocycles. The molecule has 6 heteroatoms. The molecular formula is C23H26N2O4. The average Bonchev–Trinajstić information content (AvgIpc) is 2.76. The number of nitrogens with one attached hydrogen (secondary N) is 2. The number of Topliss-reactive ketones (excluding diaryl/α,β-unsaturated/α-hetero) is 1. The molecule has 0 bridgehead atoms. The molecule has 3 rings (SSSR count). The molecule has 2 aromatic rings. The number of rotatable bonds is 7. The molecule has 2 N–H and O–H groups in total. The highest BCUT2D eigenvalue weighted by Gasteiger charge is 2.14. The summed E-state index contributed by atoms with van der Waals surface area (Å²) in [7, 11) is 0. The van der Waals surface area contributed by atoms with Crippen molar-refractivity contribution in [2.24, 2.45) is 0 Å². The van der Waals surface area contributed by atoms with Crippen LogP contribution in [0.25, 0.3) is 0 Å². The molecule has 152 valence electrons. The zero-order valence-corrected chi connectivity index (χ0v) is 16.6. The SMILES string of the molecule is CCOc1ccc(C(=O)NNC(=O)CCC(=O)c2ccc3c(c2)CCCC3)cc1. The van der Waals surface area contributed by atoms with E-state index in [2.05, 4.69) is 10.9 Å². The maximum absolute atomic E-state index is 12.4. The summed E-state index contributed by atoms with van der Waals surface area (Å²) < 4.78 is 5.33. The van der Waals surface area contributed by atoms with Crippen LogP contribution in [-0.2, 0) is 17.6 Å². The van der Waals surface area contributed by atoms with Gasteiger partial charge in [-0.15, -0.1) is 0 Å². The fourth-order valence-corrected chi connectivity index (χ4v) is 3.41. The van der Waals surface area contributed by atoms with Gasteiger partial charge < -0.3 is 4.74 Å². The third-order valence-corrected chi connectivity index (χ3v) is 4.99. The van der Waals surface area contributed by atoms with Crippen molar-refractivity contribution in [3.05, 3.63) is 64.7 Å². The Hall–Kier alpha value is -3.15. The van der Waals surface area contributed by atoms with Crippen molar-refractivity contribution in [2.75, 3.05) is 6.61 Å². The lowest BCUT2D eigenvalue weighted by molar-refractivity contribution is -0.121. The average molecular weight is 394 g/mol. The van der Waals surface area contributed by atoms with Crippen LogP contribution in [0.4, 0.5) is 0 Å². The molecule has 0 radical (unpaired) electrons. The summed E-state index contributed by atoms with van der Waals surface area (Å²) in [5, 5.41) is 0. The molecule has 0 fully saturated rings. The fraction of sp³-hybridized carbons (Fsp3) is 0.348. The number of aryl methyl sites for hydroxylation is 2. The highest BCUT2D eigenvalue weighted by Crippen LogP contribution is 2.23. The minimum Gasteiger partial charge on any atom is -0.494 e. The van der Waals surface area contributed by atoms with Gasteiger partial charge in [-0.1, -0.05) is 12.1 Å². The second-order valence-corrected chi connectivity index (χ2v) is 7.07. The van der Waals surface area contributed by atoms with E-state index in [9.17, 15) is 14.4 Å². The number of carbonyl (C=O) groups is 3. The Balaban J connectivity index is 1.44. The van der Waals surface area contributed by atoms with Crippen molar-refractivity contribution >= 4 is 17.6 Å². The number of benzene rings is 2. The normalized spacial score (nSPS) is 12.6. The number of ketones is 1. The molecule has 2 amide bonds. The maximum Gasteiger partial charge on any atom is 0.269 e. The Morgan fingerprint density at radius 3 is 2.28 bits per heavy atom. The summed E-state index contributed by atoms with van der Waals surface area (Å²) in [5.74, 6) is -0.224. The van der Waals surface area contributed by atoms with E-state index in [0.29, 0.717) is 23.5 Å². The van der Waals surface area contributed by atoms with E-state index in [0.717, 1.165) is 19.3 Å². The van der Waals surface area contributed by atoms with Gasteiger partial charge in [-0.2, -0.15) is 0 Å². The molecule has 0 unspecified atom stereocenters. The minimum atomic E-state index is -0.428. The van der Waals surface area contributed by atoms with Gasteiger partial charge in [-0.05, 0) is 74.1 Å². The van der Waals surface area contributed by atoms with Gasteiger partial charge in [-0.25, -0.2) is 0 Å². The topological polar surface area (TPSA) is 84.5 Å². The Kier molecular flexibility index (Phi) is 7.00. The van der Waals surface area contributed by atoms with E-state index in [1.807, 2.05) is 25.1 Å². The highest BCUT2D eigenvalue weighted by molar-refractivity contribution is 5.99. The minimum absolute atomic E-state index is 0.0134. The molecule has 0 aromatic heterocycles. The van der Waals surface area contributed by atoms with Crippen molar-refractivity contribution in [1.29, 1.82) is 0 Å². The predicted molar refractivity (Wildman–Crippen MR) is 110 cm³/mol. The van der Waals surface area contributed by atoms with Gasteiger partial charge in [0.15, 0.2) is 5.78 Å². The third kappa shape index (κ3) is 5.67. The van der Waals surface area contributed by atoms with E-state index >= 15 is 0 Å². The summed E-state index contributed by atoms with van der Waals surface area (Å²) in [6, 6.07) is 12.5. The van der Waals surface area contributed by atoms with Gasteiger partial charge in [0, 0.05) is 24.0 Å². The zero-order chi connectivity index (χ0) is 20.6. The standard InChI is InChI=1S/C23H26N2O4/c1-2-29-20-11-9-17(10-12-20)23(28)25-24-22(27)14-13-21(26)19-8-7-16-5-3-4-6-18(16)15-19/h7-12,15H,2-6,13-14H2,1H3,(H,24,27)(H,25,28). The van der Waals surface area contributed by atoms with Gasteiger partial charge in [0.1, 0.15) is 5.75 Å². The number of hydrogen-bond donors (Lipinski definition) is 2. The Bertz CT molecular complexity index is 890. The predicted octanol–water partition coefficient (Wildman–Crippen LogP) is 3.39. The van der Waals surface area contributed by atoms with Gasteiger partial charge in [0.25, 0.3) is 5.91 Å². The Morgan fingerprint density at radius 1 is 0.862 bits per heavy atom. The first kappa shape index (κ1) is 20.6. The second kappa shape index (κ2) is 9.87. The highest BCUT2D eigenvalue weighted by atomic mass is 16.5.